The fourth-order valence-corrected chi connectivity index (χ4v) is 3.74. The molecular formula is C18H20Cl2N6. The normalized spacial score (nSPS) is 20.7. The molecule has 0 spiro atoms. The van der Waals surface area contributed by atoms with Gasteiger partial charge in [0.2, 0.25) is 0 Å². The fraction of sp³-hybridized carbons (Fsp3) is 0.444. The second kappa shape index (κ2) is 8.69. The van der Waals surface area contributed by atoms with Crippen molar-refractivity contribution < 1.29 is 0 Å². The number of aryl methyl sites for hydroxylation is 2. The first-order valence-electron chi connectivity index (χ1n) is 8.69. The van der Waals surface area contributed by atoms with Crippen molar-refractivity contribution in [2.45, 2.75) is 50.6 Å². The fourth-order valence-electron chi connectivity index (χ4n) is 3.44. The Morgan fingerprint density at radius 3 is 2.19 bits per heavy atom. The average Bonchev–Trinajstić information content (AvgIpc) is 2.64. The van der Waals surface area contributed by atoms with Crippen molar-refractivity contribution in [3.05, 3.63) is 67.5 Å². The molecule has 2 N–H and O–H groups in total. The Hall–Kier alpha value is -1.85. The van der Waals surface area contributed by atoms with E-state index in [0.717, 1.165) is 55.5 Å². The molecule has 0 aliphatic heterocycles. The van der Waals surface area contributed by atoms with Crippen LogP contribution in [0.15, 0.2) is 29.4 Å². The lowest BCUT2D eigenvalue weighted by Crippen LogP contribution is -2.18. The van der Waals surface area contributed by atoms with Gasteiger partial charge in [-0.3, -0.25) is 0 Å². The minimum Gasteiger partial charge on any atom is -0.323 e. The predicted octanol–water partition coefficient (Wildman–Crippen LogP) is 5.49. The van der Waals surface area contributed by atoms with Crippen LogP contribution in [0, 0.1) is 0 Å². The summed E-state index contributed by atoms with van der Waals surface area (Å²) in [6.07, 6.45) is 6.19. The van der Waals surface area contributed by atoms with Crippen LogP contribution in [0.3, 0.4) is 0 Å². The van der Waals surface area contributed by atoms with Crippen molar-refractivity contribution in [1.82, 2.24) is 9.97 Å². The van der Waals surface area contributed by atoms with E-state index in [1.807, 2.05) is 18.2 Å². The molecule has 0 radical (unpaired) electrons. The number of aromatic nitrogens is 2. The Morgan fingerprint density at radius 1 is 0.962 bits per heavy atom. The maximum absolute atomic E-state index is 8.41. The maximum Gasteiger partial charge on any atom is 0.129 e. The van der Waals surface area contributed by atoms with Gasteiger partial charge in [-0.15, -0.1) is 0 Å². The number of halogens is 2. The van der Waals surface area contributed by atoms with Gasteiger partial charge in [0.05, 0.1) is 17.4 Å². The van der Waals surface area contributed by atoms with Gasteiger partial charge in [0.1, 0.15) is 10.3 Å². The van der Waals surface area contributed by atoms with Crippen molar-refractivity contribution >= 4 is 23.2 Å². The molecule has 0 amide bonds. The van der Waals surface area contributed by atoms with Gasteiger partial charge >= 0.3 is 0 Å². The van der Waals surface area contributed by atoms with E-state index in [4.69, 9.17) is 34.5 Å². The van der Waals surface area contributed by atoms with Crippen LogP contribution < -0.4 is 5.73 Å². The van der Waals surface area contributed by atoms with Crippen LogP contribution in [0.1, 0.15) is 60.3 Å². The van der Waals surface area contributed by atoms with E-state index in [9.17, 15) is 0 Å². The lowest BCUT2D eigenvalue weighted by atomic mass is 9.92. The third-order valence-corrected chi connectivity index (χ3v) is 5.12. The van der Waals surface area contributed by atoms with E-state index < -0.39 is 0 Å². The van der Waals surface area contributed by atoms with Crippen molar-refractivity contribution in [2.24, 2.45) is 10.8 Å². The molecule has 6 nitrogen and oxygen atoms in total. The molecule has 136 valence electrons. The molecular weight excluding hydrogens is 371 g/mol. The Morgan fingerprint density at radius 2 is 1.54 bits per heavy atom. The highest BCUT2D eigenvalue weighted by Crippen LogP contribution is 2.32. The number of azide groups is 1. The lowest BCUT2D eigenvalue weighted by molar-refractivity contribution is 0.552. The van der Waals surface area contributed by atoms with E-state index in [0.29, 0.717) is 10.3 Å². The van der Waals surface area contributed by atoms with Crippen LogP contribution in [0.25, 0.3) is 10.4 Å². The van der Waals surface area contributed by atoms with Gasteiger partial charge in [0.15, 0.2) is 0 Å². The Labute approximate surface area is 162 Å². The van der Waals surface area contributed by atoms with E-state index >= 15 is 0 Å². The van der Waals surface area contributed by atoms with Crippen LogP contribution in [0.4, 0.5) is 0 Å². The number of hydrogen-bond donors (Lipinski definition) is 1. The topological polar surface area (TPSA) is 101 Å². The molecule has 0 bridgehead atoms. The van der Waals surface area contributed by atoms with Crippen molar-refractivity contribution in [2.75, 3.05) is 0 Å². The number of nitrogens with zero attached hydrogens (tertiary/aromatic N) is 5. The first-order valence-corrected chi connectivity index (χ1v) is 9.44. The molecule has 2 unspecified atom stereocenters. The van der Waals surface area contributed by atoms with Gasteiger partial charge in [0, 0.05) is 11.0 Å². The van der Waals surface area contributed by atoms with E-state index in [1.165, 1.54) is 5.56 Å². The van der Waals surface area contributed by atoms with Gasteiger partial charge in [-0.05, 0) is 67.3 Å². The summed E-state index contributed by atoms with van der Waals surface area (Å²) in [5, 5.41) is 4.73. The molecule has 26 heavy (non-hydrogen) atoms. The van der Waals surface area contributed by atoms with Crippen molar-refractivity contribution in [3.8, 4) is 0 Å². The van der Waals surface area contributed by atoms with Crippen molar-refractivity contribution in [1.29, 1.82) is 0 Å². The van der Waals surface area contributed by atoms with Gasteiger partial charge in [0.25, 0.3) is 0 Å². The van der Waals surface area contributed by atoms with Gasteiger partial charge in [-0.2, -0.15) is 0 Å². The third-order valence-electron chi connectivity index (χ3n) is 4.70. The zero-order valence-electron chi connectivity index (χ0n) is 14.3. The summed E-state index contributed by atoms with van der Waals surface area (Å²) in [5.41, 5.74) is 18.6. The Kier molecular flexibility index (Phi) is 6.33. The maximum atomic E-state index is 8.41. The van der Waals surface area contributed by atoms with Gasteiger partial charge in [-0.25, -0.2) is 9.97 Å². The van der Waals surface area contributed by atoms with Crippen LogP contribution in [-0.4, -0.2) is 9.97 Å². The van der Waals surface area contributed by atoms with Gasteiger partial charge in [-0.1, -0.05) is 40.4 Å². The molecule has 0 saturated heterocycles. The summed E-state index contributed by atoms with van der Waals surface area (Å²) in [6.45, 7) is 0. The molecule has 2 aliphatic carbocycles. The molecule has 2 atom stereocenters. The van der Waals surface area contributed by atoms with E-state index in [-0.39, 0.29) is 12.1 Å². The standard InChI is InChI=1S/C9H9ClN4.C9H11ClN2/c10-8-5-4-6-2-1-3-7(13-14-11)9(6)12-8;10-8-5-4-6-2-1-3-7(11)9(6)12-8/h4-5,7H,1-3H2;4-5,7H,1-3,11H2. The summed E-state index contributed by atoms with van der Waals surface area (Å²) in [7, 11) is 0. The molecule has 0 fully saturated rings. The first-order chi connectivity index (χ1) is 12.6. The SMILES string of the molecule is NC1CCCc2ccc(Cl)nc21.[N-]=[N+]=NC1CCCc2ccc(Cl)nc21. The molecule has 2 aliphatic rings. The zero-order valence-corrected chi connectivity index (χ0v) is 15.8. The Bertz CT molecular complexity index is 834. The van der Waals surface area contributed by atoms with Gasteiger partial charge < -0.3 is 5.73 Å². The highest BCUT2D eigenvalue weighted by atomic mass is 35.5. The highest BCUT2D eigenvalue weighted by molar-refractivity contribution is 6.29. The molecule has 2 heterocycles. The summed E-state index contributed by atoms with van der Waals surface area (Å²) in [4.78, 5) is 11.3. The number of hydrogen-bond acceptors (Lipinski definition) is 4. The second-order valence-corrected chi connectivity index (χ2v) is 7.24. The number of pyridine rings is 2. The molecule has 2 aromatic rings. The van der Waals surface area contributed by atoms with Crippen LogP contribution in [0.2, 0.25) is 10.3 Å². The summed E-state index contributed by atoms with van der Waals surface area (Å²) in [6, 6.07) is 7.56. The lowest BCUT2D eigenvalue weighted by Gasteiger charge is -2.20. The molecule has 4 rings (SSSR count). The number of rotatable bonds is 1. The van der Waals surface area contributed by atoms with E-state index in [2.05, 4.69) is 20.0 Å². The second-order valence-electron chi connectivity index (χ2n) is 6.47. The van der Waals surface area contributed by atoms with Crippen molar-refractivity contribution in [3.63, 3.8) is 0 Å². The average molecular weight is 391 g/mol. The summed E-state index contributed by atoms with van der Waals surface area (Å²) < 4.78 is 0. The number of fused-ring (bicyclic) bond motifs is 2. The smallest absolute Gasteiger partial charge is 0.129 e. The Balaban J connectivity index is 0.000000152. The molecule has 0 aromatic carbocycles. The predicted molar refractivity (Wildman–Crippen MR) is 103 cm³/mol. The zero-order chi connectivity index (χ0) is 18.5. The monoisotopic (exact) mass is 390 g/mol. The van der Waals surface area contributed by atoms with Crippen LogP contribution >= 0.6 is 23.2 Å². The molecule has 0 saturated carbocycles. The first kappa shape index (κ1) is 18.9. The van der Waals surface area contributed by atoms with Crippen LogP contribution in [0.5, 0.6) is 0 Å². The molecule has 2 aromatic heterocycles. The largest absolute Gasteiger partial charge is 0.323 e. The summed E-state index contributed by atoms with van der Waals surface area (Å²) >= 11 is 11.6. The minimum atomic E-state index is -0.137. The number of nitrogens with two attached hydrogens (primary N) is 1. The van der Waals surface area contributed by atoms with E-state index in [1.54, 1.807) is 6.07 Å². The highest BCUT2D eigenvalue weighted by Gasteiger charge is 2.20. The quantitative estimate of drug-likeness (QED) is 0.301. The van der Waals surface area contributed by atoms with Crippen LogP contribution in [-0.2, 0) is 12.8 Å². The summed E-state index contributed by atoms with van der Waals surface area (Å²) in [5.74, 6) is 0. The third kappa shape index (κ3) is 4.46. The molecule has 8 heteroatoms. The minimum absolute atomic E-state index is 0.0902.